The number of hydrogen-bond donors (Lipinski definition) is 0. The molecular formula is C29H42N5O+3. The van der Waals surface area contributed by atoms with Gasteiger partial charge in [-0.05, 0) is 42.7 Å². The molecule has 4 rings (SSSR count). The van der Waals surface area contributed by atoms with E-state index in [0.717, 1.165) is 32.3 Å². The van der Waals surface area contributed by atoms with Crippen molar-refractivity contribution in [2.75, 3.05) is 66.3 Å². The Kier molecular flexibility index (Phi) is 7.43. The van der Waals surface area contributed by atoms with Crippen LogP contribution in [0.3, 0.4) is 0 Å². The number of aryl methyl sites for hydroxylation is 1. The quantitative estimate of drug-likeness (QED) is 0.246. The summed E-state index contributed by atoms with van der Waals surface area (Å²) in [5, 5.41) is 0. The topological polar surface area (TPSA) is 33.1 Å². The molecule has 2 aromatic heterocycles. The molecule has 35 heavy (non-hydrogen) atoms. The van der Waals surface area contributed by atoms with E-state index in [-0.39, 0.29) is 0 Å². The predicted octanol–water partition coefficient (Wildman–Crippen LogP) is 4.48. The second-order valence-corrected chi connectivity index (χ2v) is 11.4. The van der Waals surface area contributed by atoms with Gasteiger partial charge in [-0.3, -0.25) is 0 Å². The van der Waals surface area contributed by atoms with E-state index in [2.05, 4.69) is 81.7 Å². The molecular weight excluding hydrogens is 434 g/mol. The number of rotatable bonds is 10. The van der Waals surface area contributed by atoms with Gasteiger partial charge in [0.25, 0.3) is 0 Å². The summed E-state index contributed by atoms with van der Waals surface area (Å²) in [5.74, 6) is 0.634. The molecule has 3 heterocycles. The molecule has 1 aliphatic rings. The summed E-state index contributed by atoms with van der Waals surface area (Å²) in [6.07, 6.45) is 12.1. The van der Waals surface area contributed by atoms with Gasteiger partial charge in [-0.25, -0.2) is 4.57 Å². The first kappa shape index (κ1) is 25.1. The first-order chi connectivity index (χ1) is 16.6. The SMILES string of the molecule is C[n+]1cccc2oc(/C=C3\C=CN(CCCC[N+](C)(C)CCC[N+](C)(C)C)c4ccccc43)nc21. The predicted molar refractivity (Wildman–Crippen MR) is 145 cm³/mol. The van der Waals surface area contributed by atoms with Crippen LogP contribution in [0.2, 0.25) is 0 Å². The number of hydrogen-bond acceptors (Lipinski definition) is 3. The van der Waals surface area contributed by atoms with E-state index in [1.165, 1.54) is 50.1 Å². The van der Waals surface area contributed by atoms with E-state index in [0.29, 0.717) is 5.89 Å². The number of aromatic nitrogens is 2. The van der Waals surface area contributed by atoms with Crippen LogP contribution in [0, 0.1) is 0 Å². The van der Waals surface area contributed by atoms with Crippen molar-refractivity contribution >= 4 is 28.6 Å². The van der Waals surface area contributed by atoms with E-state index < -0.39 is 0 Å². The number of allylic oxidation sites excluding steroid dienone is 2. The van der Waals surface area contributed by atoms with Crippen LogP contribution in [0.25, 0.3) is 22.9 Å². The van der Waals surface area contributed by atoms with Gasteiger partial charge in [0, 0.05) is 41.5 Å². The van der Waals surface area contributed by atoms with Crippen molar-refractivity contribution in [3.8, 4) is 0 Å². The number of anilines is 1. The zero-order valence-electron chi connectivity index (χ0n) is 22.4. The summed E-state index contributed by atoms with van der Waals surface area (Å²) in [5.41, 5.74) is 5.25. The summed E-state index contributed by atoms with van der Waals surface area (Å²) in [4.78, 5) is 7.07. The fourth-order valence-electron chi connectivity index (χ4n) is 4.76. The van der Waals surface area contributed by atoms with Crippen LogP contribution < -0.4 is 9.47 Å². The monoisotopic (exact) mass is 476 g/mol. The second kappa shape index (κ2) is 10.3. The molecule has 0 aliphatic carbocycles. The Morgan fingerprint density at radius 2 is 1.71 bits per heavy atom. The van der Waals surface area contributed by atoms with Crippen molar-refractivity contribution in [2.24, 2.45) is 7.05 Å². The van der Waals surface area contributed by atoms with Crippen molar-refractivity contribution in [3.63, 3.8) is 0 Å². The molecule has 3 aromatic rings. The van der Waals surface area contributed by atoms with E-state index in [9.17, 15) is 0 Å². The number of unbranched alkanes of at least 4 members (excludes halogenated alkanes) is 1. The molecule has 0 fully saturated rings. The summed E-state index contributed by atoms with van der Waals surface area (Å²) in [6.45, 7) is 4.72. The third-order valence-corrected chi connectivity index (χ3v) is 6.78. The van der Waals surface area contributed by atoms with Crippen molar-refractivity contribution in [1.82, 2.24) is 4.98 Å². The minimum atomic E-state index is 0.634. The minimum absolute atomic E-state index is 0.634. The average Bonchev–Trinajstić information content (AvgIpc) is 3.21. The zero-order chi connectivity index (χ0) is 25.1. The summed E-state index contributed by atoms with van der Waals surface area (Å²) in [6, 6.07) is 12.6. The third kappa shape index (κ3) is 6.59. The average molecular weight is 477 g/mol. The molecule has 0 radical (unpaired) electrons. The molecule has 0 saturated carbocycles. The van der Waals surface area contributed by atoms with Crippen molar-refractivity contribution in [3.05, 3.63) is 66.3 Å². The van der Waals surface area contributed by atoms with Crippen LogP contribution in [0.1, 0.15) is 30.7 Å². The lowest BCUT2D eigenvalue weighted by Crippen LogP contribution is -2.44. The lowest BCUT2D eigenvalue weighted by Gasteiger charge is -2.32. The molecule has 6 nitrogen and oxygen atoms in total. The third-order valence-electron chi connectivity index (χ3n) is 6.78. The molecule has 6 heteroatoms. The number of quaternary nitrogens is 2. The Labute approximate surface area is 210 Å². The lowest BCUT2D eigenvalue weighted by atomic mass is 9.99. The van der Waals surface area contributed by atoms with Crippen molar-refractivity contribution < 1.29 is 18.0 Å². The fraction of sp³-hybridized carbons (Fsp3) is 0.448. The number of nitrogens with zero attached hydrogens (tertiary/aromatic N) is 5. The zero-order valence-corrected chi connectivity index (χ0v) is 22.4. The standard InChI is InChI=1S/C29H42N5O/c1-31-17-11-15-27-29(31)30-28(35-27)23-24-16-19-32(26-14-8-7-13-25(24)26)18-9-10-21-34(5,6)22-12-20-33(2,3)4/h7-8,11,13-17,19,23H,9-10,12,18,20-22H2,1-6H3/q+3. The van der Waals surface area contributed by atoms with E-state index in [1.54, 1.807) is 0 Å². The first-order valence-electron chi connectivity index (χ1n) is 12.7. The Balaban J connectivity index is 1.38. The smallest absolute Gasteiger partial charge is 0.370 e. The minimum Gasteiger partial charge on any atom is -0.411 e. The molecule has 0 unspecified atom stereocenters. The maximum atomic E-state index is 5.99. The van der Waals surface area contributed by atoms with Crippen LogP contribution in [-0.2, 0) is 7.05 Å². The van der Waals surface area contributed by atoms with E-state index in [1.807, 2.05) is 36.0 Å². The van der Waals surface area contributed by atoms with Gasteiger partial charge >= 0.3 is 11.5 Å². The number of pyridine rings is 1. The number of para-hydroxylation sites is 1. The van der Waals surface area contributed by atoms with Crippen LogP contribution >= 0.6 is 0 Å². The van der Waals surface area contributed by atoms with E-state index >= 15 is 0 Å². The van der Waals surface area contributed by atoms with Crippen LogP contribution in [-0.4, -0.2) is 75.4 Å². The van der Waals surface area contributed by atoms with Gasteiger partial charge in [0.15, 0.2) is 0 Å². The van der Waals surface area contributed by atoms with Crippen molar-refractivity contribution in [2.45, 2.75) is 19.3 Å². The van der Waals surface area contributed by atoms with E-state index in [4.69, 9.17) is 4.42 Å². The van der Waals surface area contributed by atoms with Gasteiger partial charge < -0.3 is 18.3 Å². The van der Waals surface area contributed by atoms with Gasteiger partial charge in [-0.1, -0.05) is 18.2 Å². The molecule has 186 valence electrons. The Morgan fingerprint density at radius 3 is 2.49 bits per heavy atom. The van der Waals surface area contributed by atoms with Gasteiger partial charge in [0.05, 0.1) is 68.1 Å². The highest BCUT2D eigenvalue weighted by Crippen LogP contribution is 2.34. The molecule has 0 atom stereocenters. The largest absolute Gasteiger partial charge is 0.411 e. The molecule has 1 aliphatic heterocycles. The van der Waals surface area contributed by atoms with Crippen LogP contribution in [0.5, 0.6) is 0 Å². The Hall–Kier alpha value is -2.96. The molecule has 0 saturated heterocycles. The highest BCUT2D eigenvalue weighted by Gasteiger charge is 2.21. The normalized spacial score (nSPS) is 15.3. The van der Waals surface area contributed by atoms with Crippen LogP contribution in [0.4, 0.5) is 5.69 Å². The molecule has 1 aromatic carbocycles. The Morgan fingerprint density at radius 1 is 0.943 bits per heavy atom. The van der Waals surface area contributed by atoms with Gasteiger partial charge in [-0.2, -0.15) is 0 Å². The van der Waals surface area contributed by atoms with Gasteiger partial charge in [0.1, 0.15) is 0 Å². The van der Waals surface area contributed by atoms with Gasteiger partial charge in [-0.15, -0.1) is 0 Å². The molecule has 0 N–H and O–H groups in total. The number of benzene rings is 1. The van der Waals surface area contributed by atoms with Crippen LogP contribution in [0.15, 0.2) is 59.3 Å². The highest BCUT2D eigenvalue weighted by molar-refractivity contribution is 5.94. The Bertz CT molecular complexity index is 1220. The van der Waals surface area contributed by atoms with Gasteiger partial charge in [0.2, 0.25) is 5.58 Å². The first-order valence-corrected chi connectivity index (χ1v) is 12.7. The lowest BCUT2D eigenvalue weighted by molar-refractivity contribution is -0.902. The molecule has 0 amide bonds. The number of fused-ring (bicyclic) bond motifs is 2. The fourth-order valence-corrected chi connectivity index (χ4v) is 4.76. The summed E-state index contributed by atoms with van der Waals surface area (Å²) < 4.78 is 10.1. The highest BCUT2D eigenvalue weighted by atomic mass is 16.3. The number of oxazole rings is 1. The maximum absolute atomic E-state index is 5.99. The molecule has 0 spiro atoms. The molecule has 0 bridgehead atoms. The second-order valence-electron chi connectivity index (χ2n) is 11.4. The van der Waals surface area contributed by atoms with Crippen molar-refractivity contribution in [1.29, 1.82) is 0 Å². The summed E-state index contributed by atoms with van der Waals surface area (Å²) >= 11 is 0. The maximum Gasteiger partial charge on any atom is 0.370 e. The summed E-state index contributed by atoms with van der Waals surface area (Å²) in [7, 11) is 13.6.